The largest absolute Gasteiger partial charge is 0.290 e. The Labute approximate surface area is 102 Å². The van der Waals surface area contributed by atoms with Gasteiger partial charge in [0.05, 0.1) is 5.70 Å². The number of nitrogens with two attached hydrogens (primary N) is 1. The van der Waals surface area contributed by atoms with E-state index in [9.17, 15) is 0 Å². The first-order valence-electron chi connectivity index (χ1n) is 5.98. The summed E-state index contributed by atoms with van der Waals surface area (Å²) in [7, 11) is 0. The second-order valence-electron chi connectivity index (χ2n) is 4.20. The average molecular weight is 230 g/mol. The molecule has 1 aromatic carbocycles. The zero-order valence-corrected chi connectivity index (χ0v) is 10.1. The minimum atomic E-state index is -0.833. The second-order valence-corrected chi connectivity index (χ2v) is 4.20. The molecule has 0 saturated heterocycles. The summed E-state index contributed by atoms with van der Waals surface area (Å²) in [6.45, 7) is 3.00. The van der Waals surface area contributed by atoms with E-state index in [1.807, 2.05) is 36.4 Å². The monoisotopic (exact) mass is 230 g/mol. The van der Waals surface area contributed by atoms with Crippen LogP contribution in [-0.4, -0.2) is 12.3 Å². The van der Waals surface area contributed by atoms with Crippen molar-refractivity contribution in [2.45, 2.75) is 25.6 Å². The summed E-state index contributed by atoms with van der Waals surface area (Å²) in [5, 5.41) is 11.4. The Hall–Kier alpha value is -1.52. The molecular formula is C13H18N4. The third kappa shape index (κ3) is 2.99. The van der Waals surface area contributed by atoms with Gasteiger partial charge in [0.2, 0.25) is 5.79 Å². The van der Waals surface area contributed by atoms with Crippen LogP contribution < -0.4 is 11.1 Å². The number of benzene rings is 1. The summed E-state index contributed by atoms with van der Waals surface area (Å²) in [6.07, 6.45) is 4.09. The van der Waals surface area contributed by atoms with Gasteiger partial charge >= 0.3 is 0 Å². The summed E-state index contributed by atoms with van der Waals surface area (Å²) >= 11 is 0. The summed E-state index contributed by atoms with van der Waals surface area (Å²) in [5.41, 5.74) is 7.95. The van der Waals surface area contributed by atoms with Gasteiger partial charge < -0.3 is 0 Å². The van der Waals surface area contributed by atoms with Crippen LogP contribution in [0, 0.1) is 0 Å². The Morgan fingerprint density at radius 3 is 2.76 bits per heavy atom. The third-order valence-electron chi connectivity index (χ3n) is 2.69. The van der Waals surface area contributed by atoms with E-state index in [-0.39, 0.29) is 0 Å². The Morgan fingerprint density at radius 1 is 1.29 bits per heavy atom. The number of nitrogens with zero attached hydrogens (tertiary/aromatic N) is 2. The molecule has 0 bridgehead atoms. The van der Waals surface area contributed by atoms with E-state index < -0.39 is 5.79 Å². The molecule has 1 unspecified atom stereocenters. The topological polar surface area (TPSA) is 62.8 Å². The molecule has 1 heterocycles. The molecule has 4 heteroatoms. The lowest BCUT2D eigenvalue weighted by molar-refractivity contribution is 0.423. The van der Waals surface area contributed by atoms with Gasteiger partial charge in [-0.15, -0.1) is 5.11 Å². The van der Waals surface area contributed by atoms with Crippen molar-refractivity contribution >= 4 is 5.70 Å². The summed E-state index contributed by atoms with van der Waals surface area (Å²) < 4.78 is 0. The third-order valence-corrected chi connectivity index (χ3v) is 2.69. The fourth-order valence-corrected chi connectivity index (χ4v) is 1.70. The molecule has 0 spiro atoms. The zero-order valence-electron chi connectivity index (χ0n) is 10.1. The number of azo groups is 1. The van der Waals surface area contributed by atoms with Crippen LogP contribution >= 0.6 is 0 Å². The maximum Gasteiger partial charge on any atom is 0.204 e. The van der Waals surface area contributed by atoms with Gasteiger partial charge in [-0.2, -0.15) is 5.11 Å². The lowest BCUT2D eigenvalue weighted by atomic mass is 10.1. The van der Waals surface area contributed by atoms with Crippen molar-refractivity contribution in [2.24, 2.45) is 16.0 Å². The van der Waals surface area contributed by atoms with Gasteiger partial charge in [0.15, 0.2) is 0 Å². The highest BCUT2D eigenvalue weighted by atomic mass is 15.4. The molecule has 17 heavy (non-hydrogen) atoms. The minimum absolute atomic E-state index is 0.831. The van der Waals surface area contributed by atoms with Gasteiger partial charge in [-0.3, -0.25) is 11.1 Å². The SMILES string of the molecule is CCCCNC1(N)C=C(c2ccccc2)N=N1. The first-order valence-corrected chi connectivity index (χ1v) is 5.98. The van der Waals surface area contributed by atoms with Crippen molar-refractivity contribution in [3.63, 3.8) is 0 Å². The van der Waals surface area contributed by atoms with E-state index in [0.717, 1.165) is 30.6 Å². The standard InChI is InChI=1S/C13H18N4/c1-2-3-9-15-13(14)10-12(16-17-13)11-7-5-4-6-8-11/h4-8,10,15H,2-3,9,14H2,1H3. The van der Waals surface area contributed by atoms with Crippen LogP contribution in [-0.2, 0) is 0 Å². The predicted molar refractivity (Wildman–Crippen MR) is 69.1 cm³/mol. The van der Waals surface area contributed by atoms with Crippen molar-refractivity contribution in [1.82, 2.24) is 5.32 Å². The highest BCUT2D eigenvalue weighted by Gasteiger charge is 2.26. The highest BCUT2D eigenvalue weighted by molar-refractivity contribution is 5.66. The van der Waals surface area contributed by atoms with E-state index >= 15 is 0 Å². The highest BCUT2D eigenvalue weighted by Crippen LogP contribution is 2.25. The lowest BCUT2D eigenvalue weighted by Gasteiger charge is -2.17. The van der Waals surface area contributed by atoms with Gasteiger partial charge in [0, 0.05) is 11.6 Å². The van der Waals surface area contributed by atoms with Crippen LogP contribution in [0.4, 0.5) is 0 Å². The second kappa shape index (κ2) is 5.21. The summed E-state index contributed by atoms with van der Waals surface area (Å²) in [5.74, 6) is -0.833. The molecule has 0 aliphatic carbocycles. The van der Waals surface area contributed by atoms with Crippen molar-refractivity contribution in [2.75, 3.05) is 6.54 Å². The first-order chi connectivity index (χ1) is 8.23. The van der Waals surface area contributed by atoms with Crippen LogP contribution in [0.3, 0.4) is 0 Å². The van der Waals surface area contributed by atoms with Gasteiger partial charge in [0.25, 0.3) is 0 Å². The molecule has 0 amide bonds. The molecule has 1 aliphatic heterocycles. The molecular weight excluding hydrogens is 212 g/mol. The molecule has 0 saturated carbocycles. The van der Waals surface area contributed by atoms with E-state index in [0.29, 0.717) is 0 Å². The Bertz CT molecular complexity index is 424. The van der Waals surface area contributed by atoms with Crippen LogP contribution in [0.25, 0.3) is 5.70 Å². The van der Waals surface area contributed by atoms with Crippen molar-refractivity contribution < 1.29 is 0 Å². The molecule has 1 aromatic rings. The molecule has 0 aromatic heterocycles. The molecule has 1 atom stereocenters. The fourth-order valence-electron chi connectivity index (χ4n) is 1.70. The molecule has 1 aliphatic rings. The van der Waals surface area contributed by atoms with Crippen LogP contribution in [0.15, 0.2) is 46.6 Å². The summed E-state index contributed by atoms with van der Waals surface area (Å²) in [4.78, 5) is 0. The van der Waals surface area contributed by atoms with Crippen molar-refractivity contribution in [3.8, 4) is 0 Å². The number of hydrogen-bond acceptors (Lipinski definition) is 4. The van der Waals surface area contributed by atoms with Gasteiger partial charge in [0.1, 0.15) is 0 Å². The Morgan fingerprint density at radius 2 is 2.06 bits per heavy atom. The van der Waals surface area contributed by atoms with E-state index in [1.54, 1.807) is 0 Å². The van der Waals surface area contributed by atoms with Gasteiger partial charge in [-0.1, -0.05) is 43.7 Å². The number of unbranched alkanes of at least 4 members (excludes halogenated alkanes) is 1. The van der Waals surface area contributed by atoms with Crippen LogP contribution in [0.5, 0.6) is 0 Å². The maximum atomic E-state index is 6.08. The van der Waals surface area contributed by atoms with Crippen molar-refractivity contribution in [1.29, 1.82) is 0 Å². The number of hydrogen-bond donors (Lipinski definition) is 2. The van der Waals surface area contributed by atoms with Crippen LogP contribution in [0.1, 0.15) is 25.3 Å². The van der Waals surface area contributed by atoms with E-state index in [1.165, 1.54) is 0 Å². The van der Waals surface area contributed by atoms with Crippen LogP contribution in [0.2, 0.25) is 0 Å². The molecule has 4 nitrogen and oxygen atoms in total. The molecule has 0 radical (unpaired) electrons. The van der Waals surface area contributed by atoms with Gasteiger partial charge in [-0.25, -0.2) is 0 Å². The average Bonchev–Trinajstić information content (AvgIpc) is 2.74. The lowest BCUT2D eigenvalue weighted by Crippen LogP contribution is -2.49. The number of nitrogens with one attached hydrogen (secondary N) is 1. The van der Waals surface area contributed by atoms with E-state index in [4.69, 9.17) is 5.73 Å². The first kappa shape index (κ1) is 12.0. The summed E-state index contributed by atoms with van der Waals surface area (Å²) in [6, 6.07) is 9.94. The zero-order chi connectivity index (χ0) is 12.1. The normalized spacial score (nSPS) is 22.8. The molecule has 2 rings (SSSR count). The molecule has 90 valence electrons. The Balaban J connectivity index is 2.06. The smallest absolute Gasteiger partial charge is 0.204 e. The quantitative estimate of drug-likeness (QED) is 0.603. The molecule has 0 fully saturated rings. The molecule has 3 N–H and O–H groups in total. The maximum absolute atomic E-state index is 6.08. The van der Waals surface area contributed by atoms with Gasteiger partial charge in [-0.05, 0) is 13.0 Å². The van der Waals surface area contributed by atoms with Crippen molar-refractivity contribution in [3.05, 3.63) is 42.0 Å². The number of rotatable bonds is 5. The fraction of sp³-hybridized carbons (Fsp3) is 0.385. The Kier molecular flexibility index (Phi) is 3.66. The van der Waals surface area contributed by atoms with E-state index in [2.05, 4.69) is 22.5 Å². The minimum Gasteiger partial charge on any atom is -0.290 e. The predicted octanol–water partition coefficient (Wildman–Crippen LogP) is 2.50.